The van der Waals surface area contributed by atoms with E-state index >= 15 is 0 Å². The lowest BCUT2D eigenvalue weighted by atomic mass is 10.1. The summed E-state index contributed by atoms with van der Waals surface area (Å²) < 4.78 is 42.3. The van der Waals surface area contributed by atoms with Crippen molar-refractivity contribution in [3.63, 3.8) is 0 Å². The molecule has 0 amide bonds. The summed E-state index contributed by atoms with van der Waals surface area (Å²) in [5.41, 5.74) is 0.0346. The van der Waals surface area contributed by atoms with Crippen LogP contribution in [-0.4, -0.2) is 37.5 Å². The number of piperazine rings is 1. The maximum atomic E-state index is 12.5. The third kappa shape index (κ3) is 3.47. The second kappa shape index (κ2) is 5.96. The first-order chi connectivity index (χ1) is 10.1. The Kier molecular flexibility index (Phi) is 4.58. The predicted octanol–water partition coefficient (Wildman–Crippen LogP) is 2.88. The number of hydrogen-bond acceptors (Lipinski definition) is 4. The number of rotatable bonds is 2. The van der Waals surface area contributed by atoms with E-state index in [9.17, 15) is 18.0 Å². The first kappa shape index (κ1) is 16.9. The van der Waals surface area contributed by atoms with Crippen LogP contribution in [0, 0.1) is 6.92 Å². The Balaban J connectivity index is 2.35. The van der Waals surface area contributed by atoms with E-state index in [1.54, 1.807) is 23.1 Å². The average molecular weight is 337 g/mol. The summed E-state index contributed by atoms with van der Waals surface area (Å²) in [5.74, 6) is -2.21. The van der Waals surface area contributed by atoms with Crippen molar-refractivity contribution in [2.24, 2.45) is 0 Å². The molecule has 1 heterocycles. The summed E-state index contributed by atoms with van der Waals surface area (Å²) in [5, 5.41) is 3.41. The molecule has 4 nitrogen and oxygen atoms in total. The number of aryl methyl sites for hydroxylation is 1. The number of carbonyl (C=O) groups excluding carboxylic acids is 1. The van der Waals surface area contributed by atoms with E-state index in [0.717, 1.165) is 5.56 Å². The van der Waals surface area contributed by atoms with Crippen molar-refractivity contribution >= 4 is 23.3 Å². The number of hydrogen-bond donors (Lipinski definition) is 1. The number of benzene rings is 1. The summed E-state index contributed by atoms with van der Waals surface area (Å²) in [4.78, 5) is 12.9. The predicted molar refractivity (Wildman–Crippen MR) is 77.0 cm³/mol. The van der Waals surface area contributed by atoms with Crippen molar-refractivity contribution in [1.29, 1.82) is 0 Å². The number of nitrogens with zero attached hydrogens (tertiary/aromatic N) is 1. The number of nitrogens with one attached hydrogen (secondary N) is 1. The third-order valence-electron chi connectivity index (χ3n) is 3.54. The zero-order valence-corrected chi connectivity index (χ0v) is 12.9. The number of esters is 1. The van der Waals surface area contributed by atoms with Gasteiger partial charge < -0.3 is 15.0 Å². The Morgan fingerprint density at radius 2 is 2.14 bits per heavy atom. The van der Waals surface area contributed by atoms with E-state index in [2.05, 4.69) is 5.32 Å². The molecule has 0 saturated carbocycles. The lowest BCUT2D eigenvalue weighted by molar-refractivity contribution is -0.213. The van der Waals surface area contributed by atoms with Gasteiger partial charge in [0.25, 0.3) is 0 Å². The van der Waals surface area contributed by atoms with Crippen LogP contribution in [0.5, 0.6) is 0 Å². The van der Waals surface area contributed by atoms with Crippen LogP contribution in [-0.2, 0) is 9.53 Å². The number of alkyl halides is 3. The van der Waals surface area contributed by atoms with Crippen molar-refractivity contribution in [2.75, 3.05) is 24.5 Å². The molecule has 0 radical (unpaired) electrons. The fourth-order valence-corrected chi connectivity index (χ4v) is 2.61. The zero-order valence-electron chi connectivity index (χ0n) is 12.1. The molecule has 122 valence electrons. The molecular formula is C14H16ClF3N2O2. The highest BCUT2D eigenvalue weighted by Crippen LogP contribution is 2.33. The standard InChI is InChI=1S/C14H16ClF3N2O2/c1-9-3-4-10(15)7-11(9)20-6-5-19-8-13(20,2)22-12(21)14(16,17)18/h3-4,7,19H,5-6,8H2,1-2H3/t13-/m0/s1. The molecule has 1 atom stereocenters. The molecule has 0 bridgehead atoms. The van der Waals surface area contributed by atoms with Gasteiger partial charge in [-0.25, -0.2) is 4.79 Å². The number of carbonyl (C=O) groups is 1. The van der Waals surface area contributed by atoms with Crippen LogP contribution < -0.4 is 10.2 Å². The molecule has 1 aromatic rings. The molecule has 1 aromatic carbocycles. The van der Waals surface area contributed by atoms with Gasteiger partial charge >= 0.3 is 12.1 Å². The van der Waals surface area contributed by atoms with Crippen LogP contribution in [0.15, 0.2) is 18.2 Å². The van der Waals surface area contributed by atoms with Crippen LogP contribution in [0.4, 0.5) is 18.9 Å². The minimum Gasteiger partial charge on any atom is -0.431 e. The van der Waals surface area contributed by atoms with Gasteiger partial charge in [0.1, 0.15) is 0 Å². The smallest absolute Gasteiger partial charge is 0.431 e. The third-order valence-corrected chi connectivity index (χ3v) is 3.78. The second-order valence-corrected chi connectivity index (χ2v) is 5.76. The van der Waals surface area contributed by atoms with E-state index < -0.39 is 17.9 Å². The Hall–Kier alpha value is -1.47. The van der Waals surface area contributed by atoms with Gasteiger partial charge in [0, 0.05) is 23.8 Å². The van der Waals surface area contributed by atoms with Crippen LogP contribution in [0.2, 0.25) is 5.02 Å². The van der Waals surface area contributed by atoms with E-state index in [-0.39, 0.29) is 6.54 Å². The van der Waals surface area contributed by atoms with Gasteiger partial charge in [-0.05, 0) is 31.5 Å². The number of ether oxygens (including phenoxy) is 1. The van der Waals surface area contributed by atoms with Crippen LogP contribution in [0.1, 0.15) is 12.5 Å². The average Bonchev–Trinajstić information content (AvgIpc) is 2.41. The molecule has 1 aliphatic rings. The highest BCUT2D eigenvalue weighted by atomic mass is 35.5. The molecule has 0 spiro atoms. The molecule has 1 fully saturated rings. The van der Waals surface area contributed by atoms with Gasteiger partial charge in [0.2, 0.25) is 0 Å². The summed E-state index contributed by atoms with van der Waals surface area (Å²) in [7, 11) is 0. The summed E-state index contributed by atoms with van der Waals surface area (Å²) in [6.07, 6.45) is -5.03. The van der Waals surface area contributed by atoms with Crippen LogP contribution in [0.25, 0.3) is 0 Å². The van der Waals surface area contributed by atoms with E-state index in [0.29, 0.717) is 23.8 Å². The Morgan fingerprint density at radius 1 is 1.45 bits per heavy atom. The van der Waals surface area contributed by atoms with Gasteiger partial charge in [0.05, 0.1) is 6.54 Å². The molecule has 1 aliphatic heterocycles. The maximum absolute atomic E-state index is 12.5. The largest absolute Gasteiger partial charge is 0.491 e. The molecule has 22 heavy (non-hydrogen) atoms. The first-order valence-electron chi connectivity index (χ1n) is 6.68. The van der Waals surface area contributed by atoms with Crippen molar-refractivity contribution in [1.82, 2.24) is 5.32 Å². The topological polar surface area (TPSA) is 41.6 Å². The lowest BCUT2D eigenvalue weighted by Crippen LogP contribution is -2.63. The Labute approximate surface area is 131 Å². The highest BCUT2D eigenvalue weighted by Gasteiger charge is 2.48. The minimum atomic E-state index is -5.03. The van der Waals surface area contributed by atoms with Crippen molar-refractivity contribution in [2.45, 2.75) is 25.7 Å². The molecule has 0 aliphatic carbocycles. The monoisotopic (exact) mass is 336 g/mol. The van der Waals surface area contributed by atoms with Crippen LogP contribution in [0.3, 0.4) is 0 Å². The van der Waals surface area contributed by atoms with Gasteiger partial charge in [-0.1, -0.05) is 17.7 Å². The molecular weight excluding hydrogens is 321 g/mol. The molecule has 0 unspecified atom stereocenters. The molecule has 1 N–H and O–H groups in total. The summed E-state index contributed by atoms with van der Waals surface area (Å²) in [6, 6.07) is 5.12. The first-order valence-corrected chi connectivity index (χ1v) is 7.06. The maximum Gasteiger partial charge on any atom is 0.491 e. The zero-order chi connectivity index (χ0) is 16.5. The molecule has 2 rings (SSSR count). The van der Waals surface area contributed by atoms with Crippen LogP contribution >= 0.6 is 11.6 Å². The van der Waals surface area contributed by atoms with Gasteiger partial charge in [-0.3, -0.25) is 0 Å². The van der Waals surface area contributed by atoms with Gasteiger partial charge in [-0.2, -0.15) is 13.2 Å². The van der Waals surface area contributed by atoms with E-state index in [4.69, 9.17) is 16.3 Å². The minimum absolute atomic E-state index is 0.0841. The quantitative estimate of drug-likeness (QED) is 0.843. The van der Waals surface area contributed by atoms with E-state index in [1.807, 2.05) is 6.92 Å². The number of anilines is 1. The normalized spacial score (nSPS) is 22.5. The van der Waals surface area contributed by atoms with Crippen molar-refractivity contribution < 1.29 is 22.7 Å². The van der Waals surface area contributed by atoms with Gasteiger partial charge in [0.15, 0.2) is 5.72 Å². The molecule has 1 saturated heterocycles. The fraction of sp³-hybridized carbons (Fsp3) is 0.500. The van der Waals surface area contributed by atoms with Crippen molar-refractivity contribution in [3.8, 4) is 0 Å². The number of halogens is 4. The van der Waals surface area contributed by atoms with E-state index in [1.165, 1.54) is 6.92 Å². The Morgan fingerprint density at radius 3 is 2.77 bits per heavy atom. The van der Waals surface area contributed by atoms with Crippen molar-refractivity contribution in [3.05, 3.63) is 28.8 Å². The second-order valence-electron chi connectivity index (χ2n) is 5.32. The fourth-order valence-electron chi connectivity index (χ4n) is 2.44. The highest BCUT2D eigenvalue weighted by molar-refractivity contribution is 6.30. The molecule has 8 heteroatoms. The van der Waals surface area contributed by atoms with Gasteiger partial charge in [-0.15, -0.1) is 0 Å². The SMILES string of the molecule is Cc1ccc(Cl)cc1N1CCNC[C@]1(C)OC(=O)C(F)(F)F. The Bertz CT molecular complexity index is 580. The summed E-state index contributed by atoms with van der Waals surface area (Å²) in [6.45, 7) is 4.30. The summed E-state index contributed by atoms with van der Waals surface area (Å²) >= 11 is 5.98. The molecule has 0 aromatic heterocycles. The lowest BCUT2D eigenvalue weighted by Gasteiger charge is -2.46.